The molecule has 1 N–H and O–H groups in total. The lowest BCUT2D eigenvalue weighted by Gasteiger charge is -2.22. The lowest BCUT2D eigenvalue weighted by molar-refractivity contribution is 0.410. The average Bonchev–Trinajstić information content (AvgIpc) is 2.83. The molecule has 4 heteroatoms. The van der Waals surface area contributed by atoms with Gasteiger partial charge < -0.3 is 5.32 Å². The second-order valence-corrected chi connectivity index (χ2v) is 8.47. The number of hydrogen-bond acceptors (Lipinski definition) is 4. The normalized spacial score (nSPS) is 13.2. The molecule has 20 heavy (non-hydrogen) atoms. The number of thiophene rings is 1. The SMILES string of the molecule is Cc1cc(C(NCc2nc(C)c(C)s2)C(C)C)c(C)s1. The zero-order chi connectivity index (χ0) is 14.9. The van der Waals surface area contributed by atoms with E-state index in [0.717, 1.165) is 12.2 Å². The van der Waals surface area contributed by atoms with Gasteiger partial charge in [0.15, 0.2) is 0 Å². The molecule has 0 saturated heterocycles. The van der Waals surface area contributed by atoms with E-state index < -0.39 is 0 Å². The molecular formula is C16H24N2S2. The Morgan fingerprint density at radius 3 is 2.25 bits per heavy atom. The number of aromatic nitrogens is 1. The van der Waals surface area contributed by atoms with Crippen LogP contribution in [0.5, 0.6) is 0 Å². The molecule has 2 heterocycles. The van der Waals surface area contributed by atoms with Crippen LogP contribution in [0.15, 0.2) is 6.07 Å². The number of hydrogen-bond donors (Lipinski definition) is 1. The molecule has 0 aromatic carbocycles. The quantitative estimate of drug-likeness (QED) is 0.847. The molecule has 2 aromatic heterocycles. The molecule has 2 nitrogen and oxygen atoms in total. The Kier molecular flexibility index (Phi) is 4.99. The van der Waals surface area contributed by atoms with E-state index in [2.05, 4.69) is 57.9 Å². The van der Waals surface area contributed by atoms with Crippen molar-refractivity contribution >= 4 is 22.7 Å². The van der Waals surface area contributed by atoms with Gasteiger partial charge in [0, 0.05) is 27.2 Å². The van der Waals surface area contributed by atoms with E-state index >= 15 is 0 Å². The smallest absolute Gasteiger partial charge is 0.107 e. The van der Waals surface area contributed by atoms with Crippen molar-refractivity contribution in [3.63, 3.8) is 0 Å². The van der Waals surface area contributed by atoms with E-state index in [1.54, 1.807) is 11.3 Å². The van der Waals surface area contributed by atoms with Crippen LogP contribution >= 0.6 is 22.7 Å². The third-order valence-corrected chi connectivity index (χ3v) is 5.68. The van der Waals surface area contributed by atoms with E-state index in [1.807, 2.05) is 11.3 Å². The van der Waals surface area contributed by atoms with Crippen molar-refractivity contribution in [1.29, 1.82) is 0 Å². The summed E-state index contributed by atoms with van der Waals surface area (Å²) in [5, 5.41) is 4.89. The molecule has 1 atom stereocenters. The van der Waals surface area contributed by atoms with Gasteiger partial charge in [-0.15, -0.1) is 22.7 Å². The first-order valence-corrected chi connectivity index (χ1v) is 8.75. The highest BCUT2D eigenvalue weighted by atomic mass is 32.1. The zero-order valence-electron chi connectivity index (χ0n) is 13.2. The van der Waals surface area contributed by atoms with Gasteiger partial charge in [0.2, 0.25) is 0 Å². The van der Waals surface area contributed by atoms with Gasteiger partial charge in [-0.05, 0) is 45.2 Å². The maximum absolute atomic E-state index is 4.62. The van der Waals surface area contributed by atoms with Crippen LogP contribution in [0, 0.1) is 33.6 Å². The van der Waals surface area contributed by atoms with Crippen molar-refractivity contribution in [2.75, 3.05) is 0 Å². The van der Waals surface area contributed by atoms with Crippen molar-refractivity contribution in [3.05, 3.63) is 37.0 Å². The van der Waals surface area contributed by atoms with E-state index in [9.17, 15) is 0 Å². The van der Waals surface area contributed by atoms with Gasteiger partial charge in [0.05, 0.1) is 5.69 Å². The molecule has 0 spiro atoms. The molecule has 0 fully saturated rings. The average molecular weight is 309 g/mol. The largest absolute Gasteiger partial charge is 0.303 e. The van der Waals surface area contributed by atoms with Crippen molar-refractivity contribution < 1.29 is 0 Å². The van der Waals surface area contributed by atoms with Crippen LogP contribution in [0.25, 0.3) is 0 Å². The van der Waals surface area contributed by atoms with Crippen LogP contribution in [0.1, 0.15) is 50.8 Å². The molecule has 0 amide bonds. The fourth-order valence-electron chi connectivity index (χ4n) is 2.48. The summed E-state index contributed by atoms with van der Waals surface area (Å²) in [6, 6.07) is 2.74. The van der Waals surface area contributed by atoms with E-state index in [0.29, 0.717) is 12.0 Å². The van der Waals surface area contributed by atoms with Gasteiger partial charge in [-0.3, -0.25) is 0 Å². The van der Waals surface area contributed by atoms with E-state index in [4.69, 9.17) is 0 Å². The highest BCUT2D eigenvalue weighted by molar-refractivity contribution is 7.12. The number of nitrogens with zero attached hydrogens (tertiary/aromatic N) is 1. The summed E-state index contributed by atoms with van der Waals surface area (Å²) in [6.07, 6.45) is 0. The first kappa shape index (κ1) is 15.7. The lowest BCUT2D eigenvalue weighted by Crippen LogP contribution is -2.25. The molecule has 1 unspecified atom stereocenters. The highest BCUT2D eigenvalue weighted by Gasteiger charge is 2.19. The molecule has 0 aliphatic rings. The third-order valence-electron chi connectivity index (χ3n) is 3.63. The Balaban J connectivity index is 2.12. The van der Waals surface area contributed by atoms with Crippen molar-refractivity contribution in [1.82, 2.24) is 10.3 Å². The number of aryl methyl sites for hydroxylation is 4. The number of rotatable bonds is 5. The minimum atomic E-state index is 0.407. The summed E-state index contributed by atoms with van der Waals surface area (Å²) in [5.74, 6) is 0.574. The van der Waals surface area contributed by atoms with Gasteiger partial charge in [0.25, 0.3) is 0 Å². The Morgan fingerprint density at radius 1 is 1.10 bits per heavy atom. The fraction of sp³-hybridized carbons (Fsp3) is 0.562. The van der Waals surface area contributed by atoms with Gasteiger partial charge in [-0.25, -0.2) is 4.98 Å². The van der Waals surface area contributed by atoms with Crippen LogP contribution in [0.4, 0.5) is 0 Å². The van der Waals surface area contributed by atoms with Crippen LogP contribution in [-0.4, -0.2) is 4.98 Å². The molecule has 0 radical (unpaired) electrons. The molecule has 110 valence electrons. The number of thiazole rings is 1. The van der Waals surface area contributed by atoms with Crippen LogP contribution in [-0.2, 0) is 6.54 Å². The summed E-state index contributed by atoms with van der Waals surface area (Å²) in [7, 11) is 0. The predicted octanol–water partition coefficient (Wildman–Crippen LogP) is 4.93. The van der Waals surface area contributed by atoms with Crippen molar-refractivity contribution in [3.8, 4) is 0 Å². The van der Waals surface area contributed by atoms with Gasteiger partial charge in [-0.2, -0.15) is 0 Å². The maximum Gasteiger partial charge on any atom is 0.107 e. The molecule has 2 rings (SSSR count). The van der Waals surface area contributed by atoms with E-state index in [-0.39, 0.29) is 0 Å². The summed E-state index contributed by atoms with van der Waals surface area (Å²) in [6.45, 7) is 14.1. The summed E-state index contributed by atoms with van der Waals surface area (Å²) in [4.78, 5) is 8.77. The summed E-state index contributed by atoms with van der Waals surface area (Å²) < 4.78 is 0. The first-order chi connectivity index (χ1) is 9.38. The number of nitrogens with one attached hydrogen (secondary N) is 1. The summed E-state index contributed by atoms with van der Waals surface area (Å²) >= 11 is 3.69. The molecular weight excluding hydrogens is 284 g/mol. The Hall–Kier alpha value is -0.710. The molecule has 0 bridgehead atoms. The minimum absolute atomic E-state index is 0.407. The Labute approximate surface area is 130 Å². The Morgan fingerprint density at radius 2 is 1.80 bits per heavy atom. The van der Waals surface area contributed by atoms with Gasteiger partial charge >= 0.3 is 0 Å². The monoisotopic (exact) mass is 308 g/mol. The highest BCUT2D eigenvalue weighted by Crippen LogP contribution is 2.31. The predicted molar refractivity (Wildman–Crippen MR) is 89.8 cm³/mol. The topological polar surface area (TPSA) is 24.9 Å². The first-order valence-electron chi connectivity index (χ1n) is 7.11. The molecule has 2 aromatic rings. The van der Waals surface area contributed by atoms with Crippen molar-refractivity contribution in [2.45, 2.75) is 54.1 Å². The zero-order valence-corrected chi connectivity index (χ0v) is 14.8. The molecule has 0 saturated carbocycles. The maximum atomic E-state index is 4.62. The second-order valence-electron chi connectivity index (χ2n) is 5.72. The Bertz CT molecular complexity index is 562. The van der Waals surface area contributed by atoms with Gasteiger partial charge in [-0.1, -0.05) is 13.8 Å². The minimum Gasteiger partial charge on any atom is -0.303 e. The van der Waals surface area contributed by atoms with Crippen molar-refractivity contribution in [2.24, 2.45) is 5.92 Å². The molecule has 0 aliphatic carbocycles. The fourth-order valence-corrected chi connectivity index (χ4v) is 4.33. The standard InChI is InChI=1S/C16H24N2S2/c1-9(2)16(14-7-10(3)19-13(14)6)17-8-15-18-11(4)12(5)20-15/h7,9,16-17H,8H2,1-6H3. The summed E-state index contributed by atoms with van der Waals surface area (Å²) in [5.41, 5.74) is 2.61. The van der Waals surface area contributed by atoms with E-state index in [1.165, 1.54) is 25.2 Å². The lowest BCUT2D eigenvalue weighted by atomic mass is 9.96. The van der Waals surface area contributed by atoms with Crippen LogP contribution in [0.3, 0.4) is 0 Å². The third kappa shape index (κ3) is 3.48. The second kappa shape index (κ2) is 6.37. The van der Waals surface area contributed by atoms with Crippen LogP contribution < -0.4 is 5.32 Å². The van der Waals surface area contributed by atoms with Gasteiger partial charge in [0.1, 0.15) is 5.01 Å². The van der Waals surface area contributed by atoms with Crippen LogP contribution in [0.2, 0.25) is 0 Å². The molecule has 0 aliphatic heterocycles.